The summed E-state index contributed by atoms with van der Waals surface area (Å²) in [7, 11) is 0. The van der Waals surface area contributed by atoms with Crippen LogP contribution in [-0.2, 0) is 42.7 Å². The van der Waals surface area contributed by atoms with Gasteiger partial charge in [0.15, 0.2) is 6.10 Å². The largest absolute Gasteiger partial charge is 0.460 e. The van der Waals surface area contributed by atoms with Crippen LogP contribution in [0.25, 0.3) is 11.0 Å². The molecule has 310 valence electrons. The Morgan fingerprint density at radius 1 is 0.759 bits per heavy atom. The van der Waals surface area contributed by atoms with Crippen molar-refractivity contribution in [1.82, 2.24) is 29.2 Å². The third kappa shape index (κ3) is 9.95. The summed E-state index contributed by atoms with van der Waals surface area (Å²) >= 11 is 6.55. The second-order valence-corrected chi connectivity index (χ2v) is 16.2. The van der Waals surface area contributed by atoms with E-state index in [1.807, 2.05) is 116 Å². The van der Waals surface area contributed by atoms with Crippen molar-refractivity contribution in [3.05, 3.63) is 119 Å². The van der Waals surface area contributed by atoms with Crippen LogP contribution in [-0.4, -0.2) is 77.2 Å². The number of carbonyl (C=O) groups excluding carboxylic acids is 1. The molecule has 0 aliphatic carbocycles. The second-order valence-electron chi connectivity index (χ2n) is 13.8. The van der Waals surface area contributed by atoms with E-state index < -0.39 is 18.0 Å². The first-order chi connectivity index (χ1) is 27.6. The van der Waals surface area contributed by atoms with Crippen molar-refractivity contribution in [2.24, 2.45) is 11.8 Å². The van der Waals surface area contributed by atoms with E-state index in [1.165, 1.54) is 6.33 Å². The molecule has 6 heterocycles. The van der Waals surface area contributed by atoms with Crippen LogP contribution in [0.1, 0.15) is 64.8 Å². The maximum Gasteiger partial charge on any atom is 0.335 e. The van der Waals surface area contributed by atoms with Crippen LogP contribution >= 0.6 is 39.5 Å². The molecule has 0 bridgehead atoms. The zero-order valence-corrected chi connectivity index (χ0v) is 36.1. The quantitative estimate of drug-likeness (QED) is 0.0983. The number of carbonyl (C=O) groups is 1. The molecule has 0 spiro atoms. The van der Waals surface area contributed by atoms with Gasteiger partial charge < -0.3 is 24.1 Å². The van der Waals surface area contributed by atoms with Crippen molar-refractivity contribution in [3.63, 3.8) is 0 Å². The van der Waals surface area contributed by atoms with E-state index >= 15 is 0 Å². The molecular formula is C43H53BrN6O6S2. The van der Waals surface area contributed by atoms with Crippen LogP contribution in [0, 0.1) is 11.8 Å². The first-order valence-electron chi connectivity index (χ1n) is 18.9. The third-order valence-corrected chi connectivity index (χ3v) is 12.2. The lowest BCUT2D eigenvalue weighted by Crippen LogP contribution is -2.41. The first-order valence-corrected chi connectivity index (χ1v) is 22.2. The van der Waals surface area contributed by atoms with Crippen molar-refractivity contribution in [1.29, 1.82) is 0 Å². The average Bonchev–Trinajstić information content (AvgIpc) is 3.99. The van der Waals surface area contributed by atoms with E-state index in [9.17, 15) is 9.90 Å². The fourth-order valence-electron chi connectivity index (χ4n) is 7.19. The fraction of sp³-hybridized carbons (Fsp3) is 0.419. The Labute approximate surface area is 357 Å². The van der Waals surface area contributed by atoms with Crippen LogP contribution in [0.2, 0.25) is 0 Å². The number of thioether (sulfide) groups is 2. The van der Waals surface area contributed by atoms with Crippen molar-refractivity contribution in [2.45, 2.75) is 101 Å². The molecule has 58 heavy (non-hydrogen) atoms. The van der Waals surface area contributed by atoms with Gasteiger partial charge >= 0.3 is 5.97 Å². The van der Waals surface area contributed by atoms with Crippen LogP contribution in [0.15, 0.2) is 112 Å². The molecule has 1 N–H and O–H groups in total. The number of esters is 1. The number of hydrogen-bond donors (Lipinski definition) is 1. The number of rotatable bonds is 11. The lowest BCUT2D eigenvalue weighted by Gasteiger charge is -2.29. The molecule has 2 fully saturated rings. The normalized spacial score (nSPS) is 23.8. The summed E-state index contributed by atoms with van der Waals surface area (Å²) in [6.07, 6.45) is 7.65. The molecular weight excluding hydrogens is 841 g/mol. The summed E-state index contributed by atoms with van der Waals surface area (Å²) in [5.74, 6) is -1.63. The summed E-state index contributed by atoms with van der Waals surface area (Å²) in [5.41, 5.74) is 4.59. The van der Waals surface area contributed by atoms with Crippen molar-refractivity contribution in [2.75, 3.05) is 12.5 Å². The molecule has 4 aromatic heterocycles. The molecule has 8 rings (SSSR count). The highest BCUT2D eigenvalue weighted by molar-refractivity contribution is 9.10. The molecule has 12 nitrogen and oxygen atoms in total. The van der Waals surface area contributed by atoms with Gasteiger partial charge in [-0.25, -0.2) is 23.8 Å². The van der Waals surface area contributed by atoms with Gasteiger partial charge in [0.25, 0.3) is 0 Å². The van der Waals surface area contributed by atoms with E-state index in [4.69, 9.17) is 18.9 Å². The van der Waals surface area contributed by atoms with Gasteiger partial charge in [-0.05, 0) is 76.7 Å². The maximum atomic E-state index is 11.7. The molecule has 2 aromatic carbocycles. The van der Waals surface area contributed by atoms with Crippen LogP contribution < -0.4 is 0 Å². The number of hydrogen-bond acceptors (Lipinski definition) is 12. The Morgan fingerprint density at radius 2 is 1.29 bits per heavy atom. The van der Waals surface area contributed by atoms with E-state index in [0.29, 0.717) is 18.9 Å². The number of aromatic nitrogens is 6. The first kappa shape index (κ1) is 45.3. The van der Waals surface area contributed by atoms with E-state index in [0.717, 1.165) is 49.7 Å². The highest BCUT2D eigenvalue weighted by Crippen LogP contribution is 2.44. The zero-order valence-electron chi connectivity index (χ0n) is 32.9. The number of cyclic esters (lactones) is 1. The molecule has 15 heteroatoms. The Kier molecular flexibility index (Phi) is 16.3. The number of nitrogens with zero attached hydrogens (tertiary/aromatic N) is 6. The van der Waals surface area contributed by atoms with Gasteiger partial charge in [-0.2, -0.15) is 10.2 Å². The minimum Gasteiger partial charge on any atom is -0.460 e. The molecule has 0 saturated carbocycles. The number of halogens is 1. The van der Waals surface area contributed by atoms with Crippen LogP contribution in [0.5, 0.6) is 0 Å². The Bertz CT molecular complexity index is 2210. The SMILES string of the molecule is C.CC[C@H]1OC(=O)[C@H](OCc2ccccc2)[C@@H]1C.CC[C@H]1OC(O)(c2ccc3c(SC)ncnn23)[C@H](OCc2ccccc2)[C@@H]1C.CSc1ncnn2c(Br)ccc12. The van der Waals surface area contributed by atoms with Gasteiger partial charge in [-0.15, -0.1) is 23.5 Å². The monoisotopic (exact) mass is 892 g/mol. The van der Waals surface area contributed by atoms with Crippen molar-refractivity contribution < 1.29 is 28.8 Å². The molecule has 1 unspecified atom stereocenters. The Balaban J connectivity index is 0.000000181. The molecule has 7 atom stereocenters. The molecule has 6 aromatic rings. The smallest absolute Gasteiger partial charge is 0.335 e. The van der Waals surface area contributed by atoms with E-state index in [2.05, 4.69) is 49.9 Å². The second kappa shape index (κ2) is 20.9. The fourth-order valence-corrected chi connectivity index (χ4v) is 8.63. The summed E-state index contributed by atoms with van der Waals surface area (Å²) < 4.78 is 27.8. The summed E-state index contributed by atoms with van der Waals surface area (Å²) in [4.78, 5) is 20.1. The third-order valence-electron chi connectivity index (χ3n) is 10.2. The number of ether oxygens (including phenoxy) is 4. The highest BCUT2D eigenvalue weighted by atomic mass is 79.9. The minimum absolute atomic E-state index is 0. The zero-order chi connectivity index (χ0) is 40.5. The Morgan fingerprint density at radius 3 is 1.84 bits per heavy atom. The van der Waals surface area contributed by atoms with Gasteiger partial charge in [0.05, 0.1) is 30.4 Å². The maximum absolute atomic E-state index is 11.7. The molecule has 2 saturated heterocycles. The molecule has 0 radical (unpaired) electrons. The standard InChI is InChI=1S/C21H25N3O3S.C14H18O3.C7H6BrN3S.CH4/c1-4-17-14(2)19(26-12-15-8-6-5-7-9-15)21(25,27-17)18-11-10-16-20(28-3)22-13-23-24(16)18;1-3-12-10(2)13(14(15)17-12)16-9-11-7-5-4-6-8-11;1-12-7-5-2-3-6(8)11(5)10-4-9-7;/h5-11,13-14,17,19,25H,4,12H2,1-3H3;4-8,10,12-13H,3,9H2,1-2H3;2-4H,1H3;1H4/t14-,17-,19-,21?;10-,12-,13-;;/m11../s1. The van der Waals surface area contributed by atoms with Crippen molar-refractivity contribution in [3.8, 4) is 0 Å². The van der Waals surface area contributed by atoms with Gasteiger partial charge in [0, 0.05) is 11.8 Å². The molecule has 2 aliphatic heterocycles. The Hall–Kier alpha value is -3.83. The topological polar surface area (TPSA) is 135 Å². The predicted octanol–water partition coefficient (Wildman–Crippen LogP) is 9.02. The lowest BCUT2D eigenvalue weighted by molar-refractivity contribution is -0.251. The molecule has 2 aliphatic rings. The van der Waals surface area contributed by atoms with E-state index in [-0.39, 0.29) is 37.4 Å². The number of fused-ring (bicyclic) bond motifs is 2. The highest BCUT2D eigenvalue weighted by Gasteiger charge is 2.55. The van der Waals surface area contributed by atoms with Crippen LogP contribution in [0.3, 0.4) is 0 Å². The van der Waals surface area contributed by atoms with Gasteiger partial charge in [0.2, 0.25) is 5.79 Å². The summed E-state index contributed by atoms with van der Waals surface area (Å²) in [5, 5.41) is 22.0. The van der Waals surface area contributed by atoms with Gasteiger partial charge in [0.1, 0.15) is 45.2 Å². The lowest BCUT2D eigenvalue weighted by atomic mass is 9.93. The van der Waals surface area contributed by atoms with Crippen LogP contribution in [0.4, 0.5) is 0 Å². The summed E-state index contributed by atoms with van der Waals surface area (Å²) in [6.45, 7) is 9.03. The predicted molar refractivity (Wildman–Crippen MR) is 232 cm³/mol. The number of benzene rings is 2. The summed E-state index contributed by atoms with van der Waals surface area (Å²) in [6, 6.07) is 27.6. The van der Waals surface area contributed by atoms with Gasteiger partial charge in [-0.3, -0.25) is 0 Å². The van der Waals surface area contributed by atoms with Gasteiger partial charge in [-0.1, -0.05) is 95.8 Å². The molecule has 0 amide bonds. The van der Waals surface area contributed by atoms with E-state index in [1.54, 1.807) is 34.4 Å². The average molecular weight is 894 g/mol. The minimum atomic E-state index is -1.58. The van der Waals surface area contributed by atoms with Crippen molar-refractivity contribution >= 4 is 56.5 Å². The number of aliphatic hydroxyl groups is 1.